The molecule has 0 aromatic rings. The van der Waals surface area contributed by atoms with E-state index in [1.54, 1.807) is 6.08 Å². The Labute approximate surface area is 588 Å². The lowest BCUT2D eigenvalue weighted by atomic mass is 10.0. The Morgan fingerprint density at radius 1 is 0.368 bits per heavy atom. The molecular weight excluding hydrogens is 1190 g/mol. The van der Waals surface area contributed by atoms with E-state index >= 15 is 0 Å². The summed E-state index contributed by atoms with van der Waals surface area (Å²) >= 11 is 0. The van der Waals surface area contributed by atoms with Crippen molar-refractivity contribution in [3.05, 3.63) is 158 Å². The zero-order valence-electron chi connectivity index (χ0n) is 62.4. The molecule has 0 radical (unpaired) electrons. The highest BCUT2D eigenvalue weighted by atomic mass is 31.2. The van der Waals surface area contributed by atoms with Crippen LogP contribution in [0.25, 0.3) is 0 Å². The van der Waals surface area contributed by atoms with Gasteiger partial charge in [-0.25, -0.2) is 4.57 Å². The number of allylic oxidation sites excluding steroid dienone is 25. The molecule has 3 N–H and O–H groups in total. The minimum absolute atomic E-state index is 0.0487. The van der Waals surface area contributed by atoms with Gasteiger partial charge in [-0.05, 0) is 109 Å². The van der Waals surface area contributed by atoms with Gasteiger partial charge in [0.1, 0.15) is 13.2 Å². The maximum atomic E-state index is 13.1. The quantitative estimate of drug-likeness (QED) is 0.0243. The molecule has 544 valence electrons. The number of nitrogens with one attached hydrogen (secondary N) is 1. The summed E-state index contributed by atoms with van der Waals surface area (Å²) in [5.74, 6) is -0.204. The van der Waals surface area contributed by atoms with Crippen molar-refractivity contribution in [3.63, 3.8) is 0 Å². The van der Waals surface area contributed by atoms with Crippen LogP contribution in [0.5, 0.6) is 0 Å². The van der Waals surface area contributed by atoms with Crippen molar-refractivity contribution in [1.82, 2.24) is 5.32 Å². The zero-order chi connectivity index (χ0) is 69.0. The van der Waals surface area contributed by atoms with E-state index in [-0.39, 0.29) is 19.1 Å². The molecule has 0 rings (SSSR count). The number of phosphoric ester groups is 1. The lowest BCUT2D eigenvalue weighted by Gasteiger charge is -2.25. The minimum atomic E-state index is -4.38. The van der Waals surface area contributed by atoms with Gasteiger partial charge in [-0.15, -0.1) is 0 Å². The van der Waals surface area contributed by atoms with Crippen LogP contribution >= 0.6 is 7.82 Å². The van der Waals surface area contributed by atoms with Gasteiger partial charge in [0.05, 0.1) is 39.9 Å². The van der Waals surface area contributed by atoms with Gasteiger partial charge in [-0.3, -0.25) is 13.8 Å². The number of quaternary nitrogens is 1. The fourth-order valence-electron chi connectivity index (χ4n) is 11.0. The first-order valence-electron chi connectivity index (χ1n) is 39.4. The van der Waals surface area contributed by atoms with E-state index in [0.717, 1.165) is 128 Å². The number of nitrogens with zero attached hydrogens (tertiary/aromatic N) is 1. The fourth-order valence-corrected chi connectivity index (χ4v) is 11.7. The summed E-state index contributed by atoms with van der Waals surface area (Å²) in [5.41, 5.74) is 0. The maximum Gasteiger partial charge on any atom is 0.472 e. The average Bonchev–Trinajstić information content (AvgIpc) is 2.01. The van der Waals surface area contributed by atoms with Crippen LogP contribution in [-0.4, -0.2) is 73.4 Å². The van der Waals surface area contributed by atoms with Crippen molar-refractivity contribution in [2.45, 2.75) is 341 Å². The van der Waals surface area contributed by atoms with Gasteiger partial charge in [-0.2, -0.15) is 0 Å². The summed E-state index contributed by atoms with van der Waals surface area (Å²) in [6.07, 6.45) is 116. The number of amides is 1. The van der Waals surface area contributed by atoms with Crippen LogP contribution < -0.4 is 5.32 Å². The molecule has 8 nitrogen and oxygen atoms in total. The van der Waals surface area contributed by atoms with E-state index in [2.05, 4.69) is 165 Å². The van der Waals surface area contributed by atoms with Gasteiger partial charge in [0.2, 0.25) is 5.91 Å². The summed E-state index contributed by atoms with van der Waals surface area (Å²) in [6.45, 7) is 4.70. The number of hydrogen-bond acceptors (Lipinski definition) is 5. The molecule has 0 saturated heterocycles. The Morgan fingerprint density at radius 2 is 0.632 bits per heavy atom. The molecule has 0 aliphatic heterocycles. The summed E-state index contributed by atoms with van der Waals surface area (Å²) in [6, 6.07) is -0.875. The van der Waals surface area contributed by atoms with E-state index < -0.39 is 20.0 Å². The first kappa shape index (κ1) is 91.1. The molecule has 3 atom stereocenters. The number of hydrogen-bond donors (Lipinski definition) is 3. The number of aliphatic hydroxyl groups is 1. The second-order valence-electron chi connectivity index (χ2n) is 27.4. The Balaban J connectivity index is 4.15. The number of phosphoric acid groups is 1. The van der Waals surface area contributed by atoms with E-state index in [1.807, 2.05) is 27.2 Å². The van der Waals surface area contributed by atoms with Crippen LogP contribution in [0.2, 0.25) is 0 Å². The van der Waals surface area contributed by atoms with Crippen LogP contribution in [0.1, 0.15) is 328 Å². The van der Waals surface area contributed by atoms with Crippen molar-refractivity contribution in [3.8, 4) is 0 Å². The highest BCUT2D eigenvalue weighted by molar-refractivity contribution is 7.47. The first-order valence-corrected chi connectivity index (χ1v) is 40.9. The number of unbranched alkanes of at least 4 members (excludes halogenated alkanes) is 34. The molecule has 0 aliphatic rings. The van der Waals surface area contributed by atoms with Crippen molar-refractivity contribution in [1.29, 1.82) is 0 Å². The van der Waals surface area contributed by atoms with E-state index in [1.165, 1.54) is 180 Å². The minimum Gasteiger partial charge on any atom is -0.387 e. The van der Waals surface area contributed by atoms with E-state index in [4.69, 9.17) is 9.05 Å². The van der Waals surface area contributed by atoms with E-state index in [0.29, 0.717) is 17.4 Å². The summed E-state index contributed by atoms with van der Waals surface area (Å²) in [5, 5.41) is 14.0. The number of likely N-dealkylation sites (N-methyl/N-ethyl adjacent to an activating group) is 1. The summed E-state index contributed by atoms with van der Waals surface area (Å²) in [4.78, 5) is 23.5. The number of rotatable bonds is 71. The standard InChI is InChI=1S/C86H149N2O6P/c1-6-8-10-12-14-16-18-20-22-24-26-28-30-32-34-36-38-40-41-42-43-44-45-46-47-48-50-52-54-56-58-60-62-64-66-68-70-72-74-76-78-80-86(90)87-84(83-94-95(91,92)93-82-81-88(3,4)5)85(89)79-77-75-73-71-69-67-65-63-61-59-57-55-53-51-49-39-37-35-33-31-29-27-25-23-21-19-17-15-13-11-9-7-2/h8,10,14,16,20,22,26,28,32,34,38,40,42-43,45-46,48,50,54,56,60,62,66,68,77,79,84-85,89H,6-7,9,11-13,15,17-19,21,23-25,27,29-31,33,35-37,39,41,44,47,49,51-53,55,57-59,61,63-65,67,69-76,78,80-83H2,1-5H3,(H-,87,90,91,92)/p+1/b10-8-,16-14-,22-20-,28-26-,34-32-,40-38-,43-42-,46-45-,50-48-,56-54-,62-60-,68-66-,79-77+. The molecule has 0 bridgehead atoms. The Morgan fingerprint density at radius 3 is 0.926 bits per heavy atom. The largest absolute Gasteiger partial charge is 0.472 e. The van der Waals surface area contributed by atoms with Crippen molar-refractivity contribution < 1.29 is 32.9 Å². The van der Waals surface area contributed by atoms with Crippen LogP contribution in [0.15, 0.2) is 158 Å². The Hall–Kier alpha value is -3.88. The lowest BCUT2D eigenvalue weighted by molar-refractivity contribution is -0.870. The third-order valence-corrected chi connectivity index (χ3v) is 18.0. The van der Waals surface area contributed by atoms with Crippen LogP contribution in [0.4, 0.5) is 0 Å². The molecule has 9 heteroatoms. The highest BCUT2D eigenvalue weighted by Gasteiger charge is 2.28. The lowest BCUT2D eigenvalue weighted by Crippen LogP contribution is -2.45. The monoisotopic (exact) mass is 1340 g/mol. The molecule has 0 aromatic heterocycles. The van der Waals surface area contributed by atoms with Gasteiger partial charge in [0, 0.05) is 6.42 Å². The summed E-state index contributed by atoms with van der Waals surface area (Å²) in [7, 11) is 1.54. The average molecular weight is 1340 g/mol. The smallest absolute Gasteiger partial charge is 0.387 e. The van der Waals surface area contributed by atoms with E-state index in [9.17, 15) is 19.4 Å². The Bertz CT molecular complexity index is 2120. The van der Waals surface area contributed by atoms with Crippen LogP contribution in [0.3, 0.4) is 0 Å². The molecule has 3 unspecified atom stereocenters. The molecule has 0 heterocycles. The zero-order valence-corrected chi connectivity index (χ0v) is 63.3. The van der Waals surface area contributed by atoms with Crippen LogP contribution in [0, 0.1) is 0 Å². The van der Waals surface area contributed by atoms with Crippen LogP contribution in [-0.2, 0) is 18.4 Å². The number of aliphatic hydroxyl groups excluding tert-OH is 1. The highest BCUT2D eigenvalue weighted by Crippen LogP contribution is 2.43. The maximum absolute atomic E-state index is 13.1. The topological polar surface area (TPSA) is 105 Å². The third kappa shape index (κ3) is 77.3. The predicted molar refractivity (Wildman–Crippen MR) is 419 cm³/mol. The molecule has 0 spiro atoms. The van der Waals surface area contributed by atoms with Gasteiger partial charge in [0.25, 0.3) is 0 Å². The Kier molecular flexibility index (Phi) is 71.3. The third-order valence-electron chi connectivity index (χ3n) is 17.0. The number of carbonyl (C=O) groups excluding carboxylic acids is 1. The second-order valence-corrected chi connectivity index (χ2v) is 28.8. The van der Waals surface area contributed by atoms with Gasteiger partial charge >= 0.3 is 7.82 Å². The first-order chi connectivity index (χ1) is 46.5. The molecule has 0 saturated carbocycles. The molecule has 0 aliphatic carbocycles. The van der Waals surface area contributed by atoms with Crippen molar-refractivity contribution >= 4 is 13.7 Å². The number of carbonyl (C=O) groups is 1. The normalized spacial score (nSPS) is 14.4. The van der Waals surface area contributed by atoms with Gasteiger partial charge < -0.3 is 19.8 Å². The van der Waals surface area contributed by atoms with Crippen molar-refractivity contribution in [2.75, 3.05) is 40.9 Å². The molecule has 95 heavy (non-hydrogen) atoms. The van der Waals surface area contributed by atoms with Gasteiger partial charge in [0.15, 0.2) is 0 Å². The molecule has 0 fully saturated rings. The SMILES string of the molecule is CC/C=C\C/C=C\C/C=C\C/C=C\C/C=C\C/C=C\C/C=C\C/C=C\C/C=C\C/C=C\C/C=C\C/C=C\CCCCCCC(=O)NC(COP(=O)(O)OCC[N+](C)(C)C)C(O)/C=C/CCCCCCCCCCCCCCCCCCCCCCCCCCCCCCCC. The fraction of sp³-hybridized carbons (Fsp3) is 0.686. The summed E-state index contributed by atoms with van der Waals surface area (Å²) < 4.78 is 23.8. The second kappa shape index (κ2) is 74.3. The molecular formula is C86H150N2O6P+. The predicted octanol–water partition coefficient (Wildman–Crippen LogP) is 26.1. The molecule has 1 amide bonds. The van der Waals surface area contributed by atoms with Crippen molar-refractivity contribution in [2.24, 2.45) is 0 Å². The molecule has 0 aromatic carbocycles. The van der Waals surface area contributed by atoms with Gasteiger partial charge in [-0.1, -0.05) is 371 Å².